The molecule has 0 aromatic carbocycles. The number of hydrogen-bond donors (Lipinski definition) is 1. The molecule has 0 aromatic rings. The average Bonchev–Trinajstić information content (AvgIpc) is 2.56. The van der Waals surface area contributed by atoms with Gasteiger partial charge in [0.2, 0.25) is 5.91 Å². The van der Waals surface area contributed by atoms with Crippen LogP contribution in [0.15, 0.2) is 0 Å². The van der Waals surface area contributed by atoms with Crippen molar-refractivity contribution in [3.8, 4) is 0 Å². The molecule has 2 saturated carbocycles. The Morgan fingerprint density at radius 3 is 2.43 bits per heavy atom. The van der Waals surface area contributed by atoms with Crippen LogP contribution in [0.4, 0.5) is 0 Å². The fourth-order valence-corrected chi connectivity index (χ4v) is 4.88. The number of likely N-dealkylation sites (N-methyl/N-ethyl adjacent to an activating group) is 1. The Labute approximate surface area is 129 Å². The van der Waals surface area contributed by atoms with Crippen LogP contribution < -0.4 is 5.32 Å². The van der Waals surface area contributed by atoms with Gasteiger partial charge < -0.3 is 10.2 Å². The Kier molecular flexibility index (Phi) is 5.20. The van der Waals surface area contributed by atoms with Crippen molar-refractivity contribution in [3.63, 3.8) is 0 Å². The number of fused-ring (bicyclic) bond motifs is 1. The number of carbonyl (C=O) groups is 1. The Morgan fingerprint density at radius 2 is 1.67 bits per heavy atom. The van der Waals surface area contributed by atoms with E-state index in [1.54, 1.807) is 0 Å². The highest BCUT2D eigenvalue weighted by atomic mass is 16.2. The lowest BCUT2D eigenvalue weighted by atomic mass is 9.77. The molecular formula is C18H32N2O. The SMILES string of the molecule is CCN(C(=O)C1CCC2CCCCC2N1)C1CCCCC1. The predicted molar refractivity (Wildman–Crippen MR) is 86.2 cm³/mol. The molecule has 2 aliphatic carbocycles. The summed E-state index contributed by atoms with van der Waals surface area (Å²) in [7, 11) is 0. The van der Waals surface area contributed by atoms with E-state index >= 15 is 0 Å². The van der Waals surface area contributed by atoms with Gasteiger partial charge in [-0.05, 0) is 51.4 Å². The largest absolute Gasteiger partial charge is 0.339 e. The standard InChI is InChI=1S/C18H32N2O/c1-2-20(15-9-4-3-5-10-15)18(21)17-13-12-14-8-6-7-11-16(14)19-17/h14-17,19H,2-13H2,1H3. The van der Waals surface area contributed by atoms with Crippen LogP contribution in [0.3, 0.4) is 0 Å². The molecule has 1 saturated heterocycles. The van der Waals surface area contributed by atoms with Crippen LogP contribution in [0.5, 0.6) is 0 Å². The molecular weight excluding hydrogens is 260 g/mol. The Morgan fingerprint density at radius 1 is 0.952 bits per heavy atom. The summed E-state index contributed by atoms with van der Waals surface area (Å²) in [5.41, 5.74) is 0. The highest BCUT2D eigenvalue weighted by molar-refractivity contribution is 5.82. The molecule has 3 heteroatoms. The maximum absolute atomic E-state index is 13.0. The molecule has 1 heterocycles. The van der Waals surface area contributed by atoms with Crippen molar-refractivity contribution < 1.29 is 4.79 Å². The lowest BCUT2D eigenvalue weighted by Gasteiger charge is -2.43. The first kappa shape index (κ1) is 15.3. The first-order chi connectivity index (χ1) is 10.3. The fourth-order valence-electron chi connectivity index (χ4n) is 4.88. The fraction of sp³-hybridized carbons (Fsp3) is 0.944. The zero-order valence-corrected chi connectivity index (χ0v) is 13.7. The summed E-state index contributed by atoms with van der Waals surface area (Å²) >= 11 is 0. The molecule has 120 valence electrons. The molecule has 0 bridgehead atoms. The number of carbonyl (C=O) groups excluding carboxylic acids is 1. The van der Waals surface area contributed by atoms with Crippen LogP contribution in [0.25, 0.3) is 0 Å². The average molecular weight is 292 g/mol. The van der Waals surface area contributed by atoms with E-state index in [1.165, 1.54) is 64.2 Å². The van der Waals surface area contributed by atoms with Gasteiger partial charge in [0.25, 0.3) is 0 Å². The van der Waals surface area contributed by atoms with Crippen molar-refractivity contribution in [2.75, 3.05) is 6.54 Å². The lowest BCUT2D eigenvalue weighted by molar-refractivity contribution is -0.137. The zero-order chi connectivity index (χ0) is 14.7. The van der Waals surface area contributed by atoms with Crippen LogP contribution in [0.1, 0.15) is 77.6 Å². The normalized spacial score (nSPS) is 34.2. The highest BCUT2D eigenvalue weighted by Gasteiger charge is 2.37. The molecule has 21 heavy (non-hydrogen) atoms. The van der Waals surface area contributed by atoms with Crippen molar-refractivity contribution in [3.05, 3.63) is 0 Å². The van der Waals surface area contributed by atoms with Crippen molar-refractivity contribution >= 4 is 5.91 Å². The number of hydrogen-bond acceptors (Lipinski definition) is 2. The Bertz CT molecular complexity index is 351. The second-order valence-electron chi connectivity index (χ2n) is 7.36. The first-order valence-corrected chi connectivity index (χ1v) is 9.36. The number of nitrogens with one attached hydrogen (secondary N) is 1. The number of amides is 1. The number of piperidine rings is 1. The van der Waals surface area contributed by atoms with E-state index in [9.17, 15) is 4.79 Å². The van der Waals surface area contributed by atoms with Gasteiger partial charge in [-0.15, -0.1) is 0 Å². The quantitative estimate of drug-likeness (QED) is 0.863. The molecule has 3 rings (SSSR count). The lowest BCUT2D eigenvalue weighted by Crippen LogP contribution is -2.57. The monoisotopic (exact) mass is 292 g/mol. The second-order valence-corrected chi connectivity index (χ2v) is 7.36. The highest BCUT2D eigenvalue weighted by Crippen LogP contribution is 2.33. The molecule has 3 nitrogen and oxygen atoms in total. The van der Waals surface area contributed by atoms with Gasteiger partial charge in [-0.25, -0.2) is 0 Å². The van der Waals surface area contributed by atoms with Crippen molar-refractivity contribution in [2.45, 2.75) is 95.7 Å². The minimum atomic E-state index is 0.103. The van der Waals surface area contributed by atoms with Crippen molar-refractivity contribution in [1.29, 1.82) is 0 Å². The summed E-state index contributed by atoms with van der Waals surface area (Å²) in [5.74, 6) is 1.24. The summed E-state index contributed by atoms with van der Waals surface area (Å²) in [6.45, 7) is 3.04. The number of nitrogens with zero attached hydrogens (tertiary/aromatic N) is 1. The molecule has 1 aliphatic heterocycles. The molecule has 0 aromatic heterocycles. The summed E-state index contributed by atoms with van der Waals surface area (Å²) in [6.07, 6.45) is 14.1. The van der Waals surface area contributed by atoms with Gasteiger partial charge in [0.15, 0.2) is 0 Å². The molecule has 0 radical (unpaired) electrons. The summed E-state index contributed by atoms with van der Waals surface area (Å²) < 4.78 is 0. The van der Waals surface area contributed by atoms with Gasteiger partial charge >= 0.3 is 0 Å². The Hall–Kier alpha value is -0.570. The van der Waals surface area contributed by atoms with Gasteiger partial charge in [0.05, 0.1) is 6.04 Å². The molecule has 1 N–H and O–H groups in total. The third-order valence-corrected chi connectivity index (χ3v) is 6.09. The van der Waals surface area contributed by atoms with Crippen LogP contribution >= 0.6 is 0 Å². The topological polar surface area (TPSA) is 32.3 Å². The van der Waals surface area contributed by atoms with Gasteiger partial charge in [-0.2, -0.15) is 0 Å². The van der Waals surface area contributed by atoms with E-state index in [2.05, 4.69) is 17.1 Å². The van der Waals surface area contributed by atoms with E-state index in [4.69, 9.17) is 0 Å². The summed E-state index contributed by atoms with van der Waals surface area (Å²) in [6, 6.07) is 1.24. The zero-order valence-electron chi connectivity index (χ0n) is 13.7. The first-order valence-electron chi connectivity index (χ1n) is 9.36. The molecule has 3 aliphatic rings. The van der Waals surface area contributed by atoms with Crippen molar-refractivity contribution in [2.24, 2.45) is 5.92 Å². The second kappa shape index (κ2) is 7.13. The molecule has 3 unspecified atom stereocenters. The number of rotatable bonds is 3. The van der Waals surface area contributed by atoms with Gasteiger partial charge in [-0.1, -0.05) is 32.1 Å². The molecule has 1 amide bonds. The van der Waals surface area contributed by atoms with Crippen LogP contribution in [0, 0.1) is 5.92 Å². The third kappa shape index (κ3) is 3.44. The molecule has 3 fully saturated rings. The van der Waals surface area contributed by atoms with E-state index < -0.39 is 0 Å². The smallest absolute Gasteiger partial charge is 0.239 e. The van der Waals surface area contributed by atoms with E-state index in [0.29, 0.717) is 18.0 Å². The predicted octanol–water partition coefficient (Wildman–Crippen LogP) is 3.48. The molecule has 3 atom stereocenters. The van der Waals surface area contributed by atoms with Crippen molar-refractivity contribution in [1.82, 2.24) is 10.2 Å². The van der Waals surface area contributed by atoms with E-state index in [-0.39, 0.29) is 6.04 Å². The van der Waals surface area contributed by atoms with E-state index in [0.717, 1.165) is 18.9 Å². The van der Waals surface area contributed by atoms with Crippen LogP contribution in [-0.4, -0.2) is 35.5 Å². The minimum Gasteiger partial charge on any atom is -0.339 e. The van der Waals surface area contributed by atoms with Gasteiger partial charge in [-0.3, -0.25) is 4.79 Å². The minimum absolute atomic E-state index is 0.103. The maximum Gasteiger partial charge on any atom is 0.239 e. The Balaban J connectivity index is 1.60. The van der Waals surface area contributed by atoms with Gasteiger partial charge in [0.1, 0.15) is 0 Å². The van der Waals surface area contributed by atoms with Crippen LogP contribution in [0.2, 0.25) is 0 Å². The molecule has 0 spiro atoms. The van der Waals surface area contributed by atoms with Crippen LogP contribution in [-0.2, 0) is 4.79 Å². The summed E-state index contributed by atoms with van der Waals surface area (Å²) in [5, 5.41) is 3.72. The maximum atomic E-state index is 13.0. The van der Waals surface area contributed by atoms with Gasteiger partial charge in [0, 0.05) is 18.6 Å². The summed E-state index contributed by atoms with van der Waals surface area (Å²) in [4.78, 5) is 15.2. The van der Waals surface area contributed by atoms with E-state index in [1.807, 2.05) is 0 Å². The third-order valence-electron chi connectivity index (χ3n) is 6.09.